The van der Waals surface area contributed by atoms with Gasteiger partial charge in [-0.3, -0.25) is 9.59 Å². The first-order valence-corrected chi connectivity index (χ1v) is 11.9. The van der Waals surface area contributed by atoms with Gasteiger partial charge in [-0.2, -0.15) is 11.8 Å². The smallest absolute Gasteiger partial charge is 0.324 e. The molecule has 168 valence electrons. The minimum absolute atomic E-state index is 0.385. The van der Waals surface area contributed by atoms with Crippen molar-refractivity contribution in [3.63, 3.8) is 0 Å². The van der Waals surface area contributed by atoms with Crippen LogP contribution in [0, 0.1) is 18.7 Å². The second kappa shape index (κ2) is 8.45. The van der Waals surface area contributed by atoms with Crippen LogP contribution in [-0.4, -0.2) is 29.0 Å². The zero-order valence-corrected chi connectivity index (χ0v) is 19.7. The van der Waals surface area contributed by atoms with E-state index in [0.29, 0.717) is 27.3 Å². The highest BCUT2D eigenvalue weighted by Gasteiger charge is 2.49. The molecular formula is C24H23ClFNO4S. The summed E-state index contributed by atoms with van der Waals surface area (Å²) in [5.74, 6) is -4.47. The first-order valence-electron chi connectivity index (χ1n) is 10.1. The quantitative estimate of drug-likeness (QED) is 0.378. The molecule has 2 heterocycles. The Hall–Kier alpha value is -2.51. The van der Waals surface area contributed by atoms with Crippen molar-refractivity contribution in [2.45, 2.75) is 38.2 Å². The van der Waals surface area contributed by atoms with Crippen LogP contribution in [0.4, 0.5) is 4.39 Å². The summed E-state index contributed by atoms with van der Waals surface area (Å²) in [6.45, 7) is 4.88. The van der Waals surface area contributed by atoms with Crippen molar-refractivity contribution in [1.29, 1.82) is 0 Å². The Balaban J connectivity index is 1.95. The molecule has 0 spiro atoms. The molecule has 1 N–H and O–H groups in total. The van der Waals surface area contributed by atoms with Gasteiger partial charge in [-0.05, 0) is 59.7 Å². The summed E-state index contributed by atoms with van der Waals surface area (Å²) >= 11 is 7.73. The summed E-state index contributed by atoms with van der Waals surface area (Å²) in [7, 11) is 0. The number of carbonyl (C=O) groups excluding carboxylic acids is 2. The molecule has 1 unspecified atom stereocenters. The number of aryl methyl sites for hydroxylation is 1. The molecule has 1 atom stereocenters. The minimum atomic E-state index is -1.35. The molecule has 0 bridgehead atoms. The van der Waals surface area contributed by atoms with Gasteiger partial charge in [0.1, 0.15) is 5.82 Å². The highest BCUT2D eigenvalue weighted by Crippen LogP contribution is 2.43. The van der Waals surface area contributed by atoms with Crippen LogP contribution in [0.2, 0.25) is 5.02 Å². The van der Waals surface area contributed by atoms with E-state index in [9.17, 15) is 14.0 Å². The number of hydrogen-bond donors (Lipinski definition) is 1. The van der Waals surface area contributed by atoms with Crippen molar-refractivity contribution >= 4 is 46.2 Å². The Morgan fingerprint density at radius 2 is 1.84 bits per heavy atom. The Bertz CT molecular complexity index is 1200. The number of esters is 2. The maximum absolute atomic E-state index is 14.5. The SMILES string of the molecule is CSCc1cc(F)cc2c(C(c3ccc(Cl)cc3C)C3C(=O)OC(C)(C)OC3=O)c[nH]c12. The van der Waals surface area contributed by atoms with Crippen molar-refractivity contribution in [3.8, 4) is 0 Å². The third kappa shape index (κ3) is 4.11. The number of thioether (sulfide) groups is 1. The number of ether oxygens (including phenoxy) is 2. The average molecular weight is 476 g/mol. The predicted molar refractivity (Wildman–Crippen MR) is 123 cm³/mol. The van der Waals surface area contributed by atoms with E-state index >= 15 is 0 Å². The van der Waals surface area contributed by atoms with Crippen LogP contribution in [-0.2, 0) is 24.8 Å². The third-order valence-corrected chi connectivity index (χ3v) is 6.44. The Labute approximate surface area is 194 Å². The fourth-order valence-corrected chi connectivity index (χ4v) is 5.10. The van der Waals surface area contributed by atoms with E-state index in [1.54, 1.807) is 36.2 Å². The van der Waals surface area contributed by atoms with Crippen LogP contribution in [0.25, 0.3) is 10.9 Å². The number of aromatic nitrogens is 1. The monoisotopic (exact) mass is 475 g/mol. The van der Waals surface area contributed by atoms with Crippen molar-refractivity contribution in [2.24, 2.45) is 5.92 Å². The molecule has 1 aromatic heterocycles. The Kier molecular flexibility index (Phi) is 5.98. The topological polar surface area (TPSA) is 68.4 Å². The van der Waals surface area contributed by atoms with E-state index in [1.165, 1.54) is 26.0 Å². The van der Waals surface area contributed by atoms with E-state index < -0.39 is 29.6 Å². The molecule has 1 fully saturated rings. The summed E-state index contributed by atoms with van der Waals surface area (Å²) in [5, 5.41) is 1.14. The normalized spacial score (nSPS) is 17.3. The van der Waals surface area contributed by atoms with Gasteiger partial charge in [0.2, 0.25) is 0 Å². The second-order valence-corrected chi connectivity index (χ2v) is 9.67. The van der Waals surface area contributed by atoms with Crippen LogP contribution in [0.5, 0.6) is 0 Å². The van der Waals surface area contributed by atoms with Crippen molar-refractivity contribution < 1.29 is 23.5 Å². The second-order valence-electron chi connectivity index (χ2n) is 8.36. The van der Waals surface area contributed by atoms with Crippen LogP contribution in [0.1, 0.15) is 42.0 Å². The first-order chi connectivity index (χ1) is 15.1. The number of benzene rings is 2. The maximum atomic E-state index is 14.5. The fraction of sp³-hybridized carbons (Fsp3) is 0.333. The number of hydrogen-bond acceptors (Lipinski definition) is 5. The zero-order valence-electron chi connectivity index (χ0n) is 18.1. The fourth-order valence-electron chi connectivity index (χ4n) is 4.33. The zero-order chi connectivity index (χ0) is 23.2. The van der Waals surface area contributed by atoms with E-state index in [0.717, 1.165) is 16.6 Å². The highest BCUT2D eigenvalue weighted by molar-refractivity contribution is 7.97. The predicted octanol–water partition coefficient (Wildman–Crippen LogP) is 5.72. The molecule has 4 rings (SSSR count). The largest absolute Gasteiger partial charge is 0.422 e. The van der Waals surface area contributed by atoms with Gasteiger partial charge in [-0.15, -0.1) is 0 Å². The first kappa shape index (κ1) is 22.7. The summed E-state index contributed by atoms with van der Waals surface area (Å²) < 4.78 is 25.4. The molecular weight excluding hydrogens is 453 g/mol. The summed E-state index contributed by atoms with van der Waals surface area (Å²) in [4.78, 5) is 29.3. The molecule has 0 amide bonds. The van der Waals surface area contributed by atoms with Crippen LogP contribution < -0.4 is 0 Å². The van der Waals surface area contributed by atoms with Gasteiger partial charge in [0, 0.05) is 47.6 Å². The van der Waals surface area contributed by atoms with E-state index in [4.69, 9.17) is 21.1 Å². The number of cyclic esters (lactones) is 2. The molecule has 32 heavy (non-hydrogen) atoms. The molecule has 8 heteroatoms. The van der Waals surface area contributed by atoms with Crippen molar-refractivity contribution in [2.75, 3.05) is 6.26 Å². The van der Waals surface area contributed by atoms with Crippen molar-refractivity contribution in [3.05, 3.63) is 69.6 Å². The molecule has 2 aromatic carbocycles. The minimum Gasteiger partial charge on any atom is -0.422 e. The number of aromatic amines is 1. The number of H-pyrrole nitrogens is 1. The molecule has 1 aliphatic heterocycles. The van der Waals surface area contributed by atoms with Gasteiger partial charge in [-0.1, -0.05) is 17.7 Å². The molecule has 5 nitrogen and oxygen atoms in total. The number of halogens is 2. The molecule has 3 aromatic rings. The van der Waals surface area contributed by atoms with Gasteiger partial charge in [0.05, 0.1) is 0 Å². The van der Waals surface area contributed by atoms with Gasteiger partial charge < -0.3 is 14.5 Å². The number of nitrogens with one attached hydrogen (secondary N) is 1. The lowest BCUT2D eigenvalue weighted by atomic mass is 9.78. The number of fused-ring (bicyclic) bond motifs is 1. The standard InChI is InChI=1S/C24H23ClFNO4S/c1-12-7-14(25)5-6-16(12)19(20-22(28)30-24(2,3)31-23(20)29)18-10-27-21-13(11-32-4)8-15(26)9-17(18)21/h5-10,19-20,27H,11H2,1-4H3. The lowest BCUT2D eigenvalue weighted by molar-refractivity contribution is -0.240. The van der Waals surface area contributed by atoms with Gasteiger partial charge in [0.25, 0.3) is 5.79 Å². The molecule has 1 saturated heterocycles. The summed E-state index contributed by atoms with van der Waals surface area (Å²) in [6, 6.07) is 8.17. The van der Waals surface area contributed by atoms with Gasteiger partial charge in [0.15, 0.2) is 5.92 Å². The van der Waals surface area contributed by atoms with E-state index in [1.807, 2.05) is 13.2 Å². The molecule has 0 saturated carbocycles. The number of rotatable bonds is 5. The lowest BCUT2D eigenvalue weighted by Gasteiger charge is -2.36. The highest BCUT2D eigenvalue weighted by atomic mass is 35.5. The lowest BCUT2D eigenvalue weighted by Crippen LogP contribution is -2.48. The average Bonchev–Trinajstić information content (AvgIpc) is 3.08. The van der Waals surface area contributed by atoms with E-state index in [2.05, 4.69) is 4.98 Å². The van der Waals surface area contributed by atoms with Gasteiger partial charge >= 0.3 is 11.9 Å². The third-order valence-electron chi connectivity index (χ3n) is 5.60. The molecule has 1 aliphatic rings. The molecule has 0 radical (unpaired) electrons. The van der Waals surface area contributed by atoms with Crippen LogP contribution in [0.3, 0.4) is 0 Å². The summed E-state index contributed by atoms with van der Waals surface area (Å²) in [6.07, 6.45) is 3.67. The molecule has 0 aliphatic carbocycles. The Morgan fingerprint density at radius 3 is 2.47 bits per heavy atom. The van der Waals surface area contributed by atoms with E-state index in [-0.39, 0.29) is 5.82 Å². The van der Waals surface area contributed by atoms with Crippen LogP contribution >= 0.6 is 23.4 Å². The number of carbonyl (C=O) groups is 2. The van der Waals surface area contributed by atoms with Crippen molar-refractivity contribution in [1.82, 2.24) is 4.98 Å². The van der Waals surface area contributed by atoms with Gasteiger partial charge in [-0.25, -0.2) is 4.39 Å². The Morgan fingerprint density at radius 1 is 1.16 bits per heavy atom. The summed E-state index contributed by atoms with van der Waals surface area (Å²) in [5.41, 5.74) is 3.70. The van der Waals surface area contributed by atoms with Crippen LogP contribution in [0.15, 0.2) is 36.5 Å². The maximum Gasteiger partial charge on any atom is 0.324 e.